The molecule has 0 aliphatic carbocycles. The van der Waals surface area contributed by atoms with Crippen LogP contribution >= 0.6 is 11.3 Å². The summed E-state index contributed by atoms with van der Waals surface area (Å²) in [7, 11) is -2.19. The molecule has 0 fully saturated rings. The molecule has 2 aromatic carbocycles. The second-order valence-electron chi connectivity index (χ2n) is 6.44. The van der Waals surface area contributed by atoms with Crippen LogP contribution in [0.15, 0.2) is 70.3 Å². The van der Waals surface area contributed by atoms with Gasteiger partial charge >= 0.3 is 5.97 Å². The maximum atomic E-state index is 12.6. The lowest BCUT2D eigenvalue weighted by Gasteiger charge is -2.18. The number of ether oxygens (including phenoxy) is 2. The number of aromatic hydroxyl groups is 1. The Hall–Kier alpha value is -3.57. The maximum Gasteiger partial charge on any atom is 0.344 e. The van der Waals surface area contributed by atoms with Gasteiger partial charge in [-0.3, -0.25) is 9.10 Å². The predicted octanol–water partition coefficient (Wildman–Crippen LogP) is 2.84. The molecular formula is C21H20N2O7S2. The van der Waals surface area contributed by atoms with E-state index in [1.54, 1.807) is 23.6 Å². The highest BCUT2D eigenvalue weighted by molar-refractivity contribution is 7.94. The van der Waals surface area contributed by atoms with E-state index in [4.69, 9.17) is 9.47 Å². The second kappa shape index (κ2) is 10.2. The molecule has 1 amide bonds. The topological polar surface area (TPSA) is 122 Å². The van der Waals surface area contributed by atoms with Crippen LogP contribution in [0.4, 0.5) is 11.4 Å². The first-order valence-corrected chi connectivity index (χ1v) is 11.6. The monoisotopic (exact) mass is 476 g/mol. The Labute approximate surface area is 188 Å². The van der Waals surface area contributed by atoms with E-state index in [1.807, 2.05) is 0 Å². The number of thiophene rings is 1. The summed E-state index contributed by atoms with van der Waals surface area (Å²) in [5, 5.41) is 13.4. The summed E-state index contributed by atoms with van der Waals surface area (Å²) in [5.41, 5.74) is 0.880. The zero-order chi connectivity index (χ0) is 23.1. The van der Waals surface area contributed by atoms with Crippen molar-refractivity contribution in [2.24, 2.45) is 0 Å². The third-order valence-corrected chi connectivity index (χ3v) is 7.34. The van der Waals surface area contributed by atoms with Gasteiger partial charge in [-0.15, -0.1) is 11.3 Å². The Kier molecular flexibility index (Phi) is 7.33. The van der Waals surface area contributed by atoms with Crippen LogP contribution in [0.2, 0.25) is 0 Å². The Morgan fingerprint density at radius 1 is 1.03 bits per heavy atom. The van der Waals surface area contributed by atoms with Crippen LogP contribution in [-0.2, 0) is 24.3 Å². The quantitative estimate of drug-likeness (QED) is 0.360. The first-order chi connectivity index (χ1) is 15.3. The fourth-order valence-electron chi connectivity index (χ4n) is 2.51. The van der Waals surface area contributed by atoms with Gasteiger partial charge in [0.2, 0.25) is 0 Å². The molecule has 0 atom stereocenters. The zero-order valence-electron chi connectivity index (χ0n) is 16.9. The molecule has 9 nitrogen and oxygen atoms in total. The number of sulfonamides is 1. The molecule has 0 unspecified atom stereocenters. The zero-order valence-corrected chi connectivity index (χ0v) is 18.6. The largest absolute Gasteiger partial charge is 0.508 e. The number of phenolic OH excluding ortho intramolecular Hbond substituents is 1. The molecule has 0 radical (unpaired) electrons. The third kappa shape index (κ3) is 5.99. The van der Waals surface area contributed by atoms with E-state index in [0.29, 0.717) is 17.1 Å². The van der Waals surface area contributed by atoms with Crippen LogP contribution < -0.4 is 14.4 Å². The Morgan fingerprint density at radius 2 is 1.72 bits per heavy atom. The summed E-state index contributed by atoms with van der Waals surface area (Å²) in [6.07, 6.45) is 0. The van der Waals surface area contributed by atoms with E-state index >= 15 is 0 Å². The summed E-state index contributed by atoms with van der Waals surface area (Å²) < 4.78 is 36.7. The average molecular weight is 477 g/mol. The number of anilines is 2. The van der Waals surface area contributed by atoms with Gasteiger partial charge < -0.3 is 19.9 Å². The van der Waals surface area contributed by atoms with E-state index in [-0.39, 0.29) is 9.96 Å². The number of carbonyl (C=O) groups excluding carboxylic acids is 2. The smallest absolute Gasteiger partial charge is 0.344 e. The fourth-order valence-corrected chi connectivity index (χ4v) is 4.86. The number of phenols is 1. The number of esters is 1. The SMILES string of the molecule is CN(c1ccc(OCC(=O)OCC(=O)Nc2ccc(O)cc2)cc1)S(=O)(=O)c1cccs1. The molecule has 11 heteroatoms. The van der Waals surface area contributed by atoms with Crippen molar-refractivity contribution in [3.63, 3.8) is 0 Å². The van der Waals surface area contributed by atoms with Gasteiger partial charge in [0, 0.05) is 12.7 Å². The van der Waals surface area contributed by atoms with Crippen LogP contribution in [0.5, 0.6) is 11.5 Å². The van der Waals surface area contributed by atoms with Gasteiger partial charge in [0.25, 0.3) is 15.9 Å². The highest BCUT2D eigenvalue weighted by Gasteiger charge is 2.22. The lowest BCUT2D eigenvalue weighted by molar-refractivity contribution is -0.149. The van der Waals surface area contributed by atoms with Gasteiger partial charge in [0.1, 0.15) is 15.7 Å². The highest BCUT2D eigenvalue weighted by Crippen LogP contribution is 2.26. The van der Waals surface area contributed by atoms with Gasteiger partial charge in [-0.05, 0) is 60.0 Å². The summed E-state index contributed by atoms with van der Waals surface area (Å²) in [6, 6.07) is 15.2. The van der Waals surface area contributed by atoms with Crippen molar-refractivity contribution in [1.29, 1.82) is 0 Å². The summed E-state index contributed by atoms with van der Waals surface area (Å²) in [4.78, 5) is 23.6. The molecule has 168 valence electrons. The average Bonchev–Trinajstić information content (AvgIpc) is 3.34. The van der Waals surface area contributed by atoms with Gasteiger partial charge in [0.15, 0.2) is 13.2 Å². The first-order valence-electron chi connectivity index (χ1n) is 9.25. The number of carbonyl (C=O) groups is 2. The number of amides is 1. The summed E-state index contributed by atoms with van der Waals surface area (Å²) >= 11 is 1.13. The van der Waals surface area contributed by atoms with E-state index in [1.165, 1.54) is 49.5 Å². The van der Waals surface area contributed by atoms with Crippen molar-refractivity contribution in [3.05, 3.63) is 66.0 Å². The van der Waals surface area contributed by atoms with Gasteiger partial charge in [0.05, 0.1) is 5.69 Å². The van der Waals surface area contributed by atoms with Crippen molar-refractivity contribution >= 4 is 44.6 Å². The molecule has 0 saturated heterocycles. The first kappa shape index (κ1) is 23.1. The van der Waals surface area contributed by atoms with Crippen LogP contribution in [0.25, 0.3) is 0 Å². The van der Waals surface area contributed by atoms with E-state index < -0.39 is 35.1 Å². The molecular weight excluding hydrogens is 456 g/mol. The molecule has 3 aromatic rings. The predicted molar refractivity (Wildman–Crippen MR) is 120 cm³/mol. The van der Waals surface area contributed by atoms with Crippen molar-refractivity contribution in [3.8, 4) is 11.5 Å². The standard InChI is InChI=1S/C21H20N2O7S2/c1-23(32(27,28)21-3-2-12-31-21)16-6-10-18(11-7-16)29-14-20(26)30-13-19(25)22-15-4-8-17(24)9-5-15/h2-12,24H,13-14H2,1H3,(H,22,25). The van der Waals surface area contributed by atoms with Crippen LogP contribution in [-0.4, -0.2) is 45.7 Å². The second-order valence-corrected chi connectivity index (χ2v) is 9.59. The fraction of sp³-hybridized carbons (Fsp3) is 0.143. The van der Waals surface area contributed by atoms with Crippen molar-refractivity contribution in [2.45, 2.75) is 4.21 Å². The normalized spacial score (nSPS) is 10.9. The van der Waals surface area contributed by atoms with E-state index in [2.05, 4.69) is 5.32 Å². The molecule has 3 rings (SSSR count). The number of rotatable bonds is 9. The molecule has 0 saturated carbocycles. The third-order valence-electron chi connectivity index (χ3n) is 4.18. The van der Waals surface area contributed by atoms with Crippen LogP contribution in [0, 0.1) is 0 Å². The van der Waals surface area contributed by atoms with Crippen LogP contribution in [0.1, 0.15) is 0 Å². The van der Waals surface area contributed by atoms with Gasteiger partial charge in [-0.2, -0.15) is 0 Å². The minimum absolute atomic E-state index is 0.0652. The molecule has 1 aromatic heterocycles. The molecule has 0 spiro atoms. The van der Waals surface area contributed by atoms with E-state index in [9.17, 15) is 23.1 Å². The Bertz CT molecular complexity index is 1160. The summed E-state index contributed by atoms with van der Waals surface area (Å²) in [6.45, 7) is -0.914. The van der Waals surface area contributed by atoms with Crippen LogP contribution in [0.3, 0.4) is 0 Å². The number of nitrogens with zero attached hydrogens (tertiary/aromatic N) is 1. The van der Waals surface area contributed by atoms with Gasteiger partial charge in [-0.1, -0.05) is 6.07 Å². The molecule has 1 heterocycles. The lowest BCUT2D eigenvalue weighted by atomic mass is 10.3. The minimum atomic E-state index is -3.64. The minimum Gasteiger partial charge on any atom is -0.508 e. The molecule has 0 bridgehead atoms. The Balaban J connectivity index is 1.46. The lowest BCUT2D eigenvalue weighted by Crippen LogP contribution is -2.25. The van der Waals surface area contributed by atoms with Gasteiger partial charge in [-0.25, -0.2) is 13.2 Å². The highest BCUT2D eigenvalue weighted by atomic mass is 32.2. The molecule has 2 N–H and O–H groups in total. The van der Waals surface area contributed by atoms with E-state index in [0.717, 1.165) is 15.6 Å². The molecule has 0 aliphatic rings. The molecule has 32 heavy (non-hydrogen) atoms. The van der Waals surface area contributed by atoms with Crippen molar-refractivity contribution < 1.29 is 32.6 Å². The number of hydrogen-bond acceptors (Lipinski definition) is 8. The van der Waals surface area contributed by atoms with Crippen molar-refractivity contribution in [1.82, 2.24) is 0 Å². The number of nitrogens with one attached hydrogen (secondary N) is 1. The number of hydrogen-bond donors (Lipinski definition) is 2. The number of benzene rings is 2. The Morgan fingerprint density at radius 3 is 2.34 bits per heavy atom. The molecule has 0 aliphatic heterocycles. The maximum absolute atomic E-state index is 12.6. The van der Waals surface area contributed by atoms with Crippen molar-refractivity contribution in [2.75, 3.05) is 29.9 Å². The summed E-state index contributed by atoms with van der Waals surface area (Å²) in [5.74, 6) is -0.882.